The molecule has 0 radical (unpaired) electrons. The molecule has 0 N–H and O–H groups in total. The van der Waals surface area contributed by atoms with Crippen LogP contribution in [0.2, 0.25) is 10.2 Å². The summed E-state index contributed by atoms with van der Waals surface area (Å²) in [5, 5.41) is 5.32. The maximum Gasteiger partial charge on any atom is 0.282 e. The van der Waals surface area contributed by atoms with Crippen molar-refractivity contribution in [3.05, 3.63) is 62.5 Å². The molecule has 1 fully saturated rings. The molecule has 4 aromatic heterocycles. The molecule has 0 saturated carbocycles. The number of alkyl halides is 2. The van der Waals surface area contributed by atoms with E-state index in [2.05, 4.69) is 20.1 Å². The Labute approximate surface area is 227 Å². The Bertz CT molecular complexity index is 1570. The number of nitrogens with zero attached hydrogens (tertiary/aromatic N) is 7. The molecule has 0 bridgehead atoms. The number of hydrogen-bond donors (Lipinski definition) is 0. The number of hydrogen-bond acceptors (Lipinski definition) is 8. The number of carbonyl (C=O) groups is 1. The number of pyridine rings is 2. The Morgan fingerprint density at radius 2 is 2.05 bits per heavy atom. The van der Waals surface area contributed by atoms with Gasteiger partial charge in [0.05, 0.1) is 29.5 Å². The number of amides is 1. The largest absolute Gasteiger partial charge is 0.481 e. The lowest BCUT2D eigenvalue weighted by Gasteiger charge is -2.39. The number of halogens is 5. The molecule has 1 unspecified atom stereocenters. The molecule has 1 atom stereocenters. The van der Waals surface area contributed by atoms with E-state index in [1.165, 1.54) is 39.5 Å². The van der Waals surface area contributed by atoms with Gasteiger partial charge >= 0.3 is 0 Å². The highest BCUT2D eigenvalue weighted by Crippen LogP contribution is 2.38. The van der Waals surface area contributed by atoms with Gasteiger partial charge in [0, 0.05) is 19.2 Å². The van der Waals surface area contributed by atoms with Crippen molar-refractivity contribution in [3.63, 3.8) is 0 Å². The molecule has 15 heteroatoms. The SMILES string of the molecule is Cc1nn2c3c(nc2s1)CCN(C(=O)COc1ccc(N2CC(F)(F)C2)nc1Cl)C3c1ncc(Cl)cc1F. The maximum absolute atomic E-state index is 15.1. The Hall–Kier alpha value is -3.16. The fraction of sp³-hybridized carbons (Fsp3) is 0.348. The van der Waals surface area contributed by atoms with Crippen LogP contribution < -0.4 is 9.64 Å². The van der Waals surface area contributed by atoms with Crippen LogP contribution in [0.5, 0.6) is 5.75 Å². The number of rotatable bonds is 5. The molecule has 1 amide bonds. The van der Waals surface area contributed by atoms with Crippen molar-refractivity contribution in [2.24, 2.45) is 0 Å². The second-order valence-electron chi connectivity index (χ2n) is 8.98. The molecule has 0 spiro atoms. The standard InChI is InChI=1S/C23H18Cl2F3N7O2S/c1-11-32-35-19-14(30-22(35)38-11)4-5-34(20(19)18-13(26)6-12(24)7-29-18)17(36)8-37-15-2-3-16(31-21(15)25)33-9-23(27,28)10-33/h2-3,6-7,20H,4-5,8-10H2,1H3. The number of ether oxygens (including phenoxy) is 1. The summed E-state index contributed by atoms with van der Waals surface area (Å²) in [6.45, 7) is 0.757. The summed E-state index contributed by atoms with van der Waals surface area (Å²) in [4.78, 5) is 29.9. The van der Waals surface area contributed by atoms with Crippen molar-refractivity contribution < 1.29 is 22.7 Å². The Kier molecular flexibility index (Phi) is 6.11. The molecule has 0 aromatic carbocycles. The van der Waals surface area contributed by atoms with E-state index < -0.39 is 43.4 Å². The van der Waals surface area contributed by atoms with E-state index in [0.717, 1.165) is 11.1 Å². The molecule has 2 aliphatic heterocycles. The van der Waals surface area contributed by atoms with Gasteiger partial charge in [-0.05, 0) is 25.1 Å². The van der Waals surface area contributed by atoms with Crippen LogP contribution in [0.15, 0.2) is 24.4 Å². The molecule has 9 nitrogen and oxygen atoms in total. The summed E-state index contributed by atoms with van der Waals surface area (Å²) in [5.41, 5.74) is 1.26. The summed E-state index contributed by atoms with van der Waals surface area (Å²) in [6.07, 6.45) is 1.75. The highest BCUT2D eigenvalue weighted by Gasteiger charge is 2.44. The summed E-state index contributed by atoms with van der Waals surface area (Å²) in [5.74, 6) is -3.48. The first-order valence-electron chi connectivity index (χ1n) is 11.5. The fourth-order valence-electron chi connectivity index (χ4n) is 4.63. The van der Waals surface area contributed by atoms with Crippen molar-refractivity contribution in [1.29, 1.82) is 0 Å². The van der Waals surface area contributed by atoms with Crippen molar-refractivity contribution in [1.82, 2.24) is 29.5 Å². The van der Waals surface area contributed by atoms with E-state index in [0.29, 0.717) is 22.8 Å². The van der Waals surface area contributed by atoms with Gasteiger partial charge in [-0.3, -0.25) is 9.78 Å². The van der Waals surface area contributed by atoms with Gasteiger partial charge in [0.15, 0.2) is 17.5 Å². The quantitative estimate of drug-likeness (QED) is 0.323. The lowest BCUT2D eigenvalue weighted by molar-refractivity contribution is -0.135. The predicted molar refractivity (Wildman–Crippen MR) is 134 cm³/mol. The highest BCUT2D eigenvalue weighted by molar-refractivity contribution is 7.16. The zero-order valence-electron chi connectivity index (χ0n) is 19.7. The second-order valence-corrected chi connectivity index (χ2v) is 10.9. The van der Waals surface area contributed by atoms with E-state index in [1.54, 1.807) is 4.52 Å². The topological polar surface area (TPSA) is 88.8 Å². The monoisotopic (exact) mass is 583 g/mol. The Morgan fingerprint density at radius 1 is 1.26 bits per heavy atom. The van der Waals surface area contributed by atoms with Crippen molar-refractivity contribution >= 4 is 51.2 Å². The van der Waals surface area contributed by atoms with E-state index in [1.807, 2.05) is 6.92 Å². The molecule has 0 aliphatic carbocycles. The van der Waals surface area contributed by atoms with Crippen LogP contribution in [0.1, 0.15) is 28.1 Å². The molecule has 1 saturated heterocycles. The average molecular weight is 584 g/mol. The van der Waals surface area contributed by atoms with Gasteiger partial charge in [-0.1, -0.05) is 34.5 Å². The number of anilines is 1. The van der Waals surface area contributed by atoms with Crippen LogP contribution in [0.3, 0.4) is 0 Å². The minimum absolute atomic E-state index is 0.00607. The maximum atomic E-state index is 15.1. The zero-order valence-corrected chi connectivity index (χ0v) is 22.0. The third kappa shape index (κ3) is 4.41. The van der Waals surface area contributed by atoms with Crippen molar-refractivity contribution in [3.8, 4) is 5.75 Å². The first-order valence-corrected chi connectivity index (χ1v) is 13.0. The molecule has 38 heavy (non-hydrogen) atoms. The van der Waals surface area contributed by atoms with Crippen LogP contribution in [-0.2, 0) is 11.2 Å². The number of aryl methyl sites for hydroxylation is 1. The van der Waals surface area contributed by atoms with Crippen LogP contribution in [-0.4, -0.2) is 67.5 Å². The smallest absolute Gasteiger partial charge is 0.282 e. The molecule has 6 rings (SSSR count). The summed E-state index contributed by atoms with van der Waals surface area (Å²) in [6, 6.07) is 3.19. The summed E-state index contributed by atoms with van der Waals surface area (Å²) < 4.78 is 48.8. The molecule has 6 heterocycles. The Morgan fingerprint density at radius 3 is 2.76 bits per heavy atom. The van der Waals surface area contributed by atoms with Crippen LogP contribution in [0, 0.1) is 12.7 Å². The van der Waals surface area contributed by atoms with Gasteiger partial charge in [-0.15, -0.1) is 0 Å². The summed E-state index contributed by atoms with van der Waals surface area (Å²) in [7, 11) is 0. The minimum Gasteiger partial charge on any atom is -0.481 e. The van der Waals surface area contributed by atoms with Gasteiger partial charge in [-0.2, -0.15) is 5.10 Å². The number of imidazole rings is 1. The Balaban J connectivity index is 1.27. The lowest BCUT2D eigenvalue weighted by Crippen LogP contribution is -2.56. The molecular weight excluding hydrogens is 566 g/mol. The van der Waals surface area contributed by atoms with Crippen LogP contribution >= 0.6 is 34.5 Å². The van der Waals surface area contributed by atoms with Crippen molar-refractivity contribution in [2.45, 2.75) is 25.3 Å². The van der Waals surface area contributed by atoms with E-state index >= 15 is 4.39 Å². The predicted octanol–water partition coefficient (Wildman–Crippen LogP) is 4.34. The molecule has 198 valence electrons. The molecule has 4 aromatic rings. The third-order valence-electron chi connectivity index (χ3n) is 6.31. The fourth-order valence-corrected chi connectivity index (χ4v) is 5.74. The minimum atomic E-state index is -2.75. The number of carbonyl (C=O) groups excluding carboxylic acids is 1. The zero-order chi connectivity index (χ0) is 26.8. The summed E-state index contributed by atoms with van der Waals surface area (Å²) >= 11 is 13.5. The molecule has 2 aliphatic rings. The normalized spacial score (nSPS) is 18.4. The number of fused-ring (bicyclic) bond motifs is 3. The van der Waals surface area contributed by atoms with Crippen LogP contribution in [0.4, 0.5) is 19.0 Å². The van der Waals surface area contributed by atoms with E-state index in [9.17, 15) is 13.6 Å². The molecular formula is C23H18Cl2F3N7O2S. The lowest BCUT2D eigenvalue weighted by atomic mass is 9.98. The van der Waals surface area contributed by atoms with Crippen LogP contribution in [0.25, 0.3) is 4.96 Å². The van der Waals surface area contributed by atoms with E-state index in [-0.39, 0.29) is 34.0 Å². The second kappa shape index (κ2) is 9.24. The number of aromatic nitrogens is 5. The average Bonchev–Trinajstić information content (AvgIpc) is 3.36. The first kappa shape index (κ1) is 25.1. The third-order valence-corrected chi connectivity index (χ3v) is 7.61. The van der Waals surface area contributed by atoms with Gasteiger partial charge in [0.2, 0.25) is 4.96 Å². The first-order chi connectivity index (χ1) is 18.1. The van der Waals surface area contributed by atoms with E-state index in [4.69, 9.17) is 27.9 Å². The van der Waals surface area contributed by atoms with Gasteiger partial charge < -0.3 is 14.5 Å². The highest BCUT2D eigenvalue weighted by atomic mass is 35.5. The van der Waals surface area contributed by atoms with Crippen molar-refractivity contribution in [2.75, 3.05) is 31.1 Å². The van der Waals surface area contributed by atoms with Gasteiger partial charge in [0.25, 0.3) is 11.8 Å². The van der Waals surface area contributed by atoms with Gasteiger partial charge in [-0.25, -0.2) is 27.7 Å². The van der Waals surface area contributed by atoms with Gasteiger partial charge in [0.1, 0.15) is 28.4 Å².